The molecule has 0 spiro atoms. The van der Waals surface area contributed by atoms with E-state index in [1.807, 2.05) is 0 Å². The number of Topliss-reactive ketones (excluding diaryl/α,β-unsaturated/α-hetero) is 1. The molecular weight excluding hydrogens is 190 g/mol. The first-order chi connectivity index (χ1) is 6.89. The largest absolute Gasteiger partial charge is 0.353 e. The van der Waals surface area contributed by atoms with E-state index in [0.29, 0.717) is 5.41 Å². The van der Waals surface area contributed by atoms with Crippen molar-refractivity contribution in [3.63, 3.8) is 0 Å². The van der Waals surface area contributed by atoms with Crippen LogP contribution < -0.4 is 5.32 Å². The third-order valence-corrected chi connectivity index (χ3v) is 2.98. The summed E-state index contributed by atoms with van der Waals surface area (Å²) in [6, 6.07) is 0.264. The topological polar surface area (TPSA) is 46.2 Å². The summed E-state index contributed by atoms with van der Waals surface area (Å²) >= 11 is 0. The molecule has 1 saturated carbocycles. The highest BCUT2D eigenvalue weighted by Gasteiger charge is 2.28. The van der Waals surface area contributed by atoms with Crippen molar-refractivity contribution in [2.24, 2.45) is 5.41 Å². The monoisotopic (exact) mass is 211 g/mol. The third kappa shape index (κ3) is 4.45. The van der Waals surface area contributed by atoms with E-state index in [0.717, 1.165) is 19.3 Å². The van der Waals surface area contributed by atoms with Crippen LogP contribution >= 0.6 is 0 Å². The van der Waals surface area contributed by atoms with Gasteiger partial charge < -0.3 is 5.32 Å². The van der Waals surface area contributed by atoms with Crippen molar-refractivity contribution in [1.82, 2.24) is 5.32 Å². The predicted molar refractivity (Wildman–Crippen MR) is 59.5 cm³/mol. The molecule has 0 saturated heterocycles. The summed E-state index contributed by atoms with van der Waals surface area (Å²) in [6.07, 6.45) is 4.49. The number of nitrogens with one attached hydrogen (secondary N) is 1. The fourth-order valence-electron chi connectivity index (χ4n) is 2.33. The normalized spacial score (nSPS) is 24.6. The van der Waals surface area contributed by atoms with Crippen LogP contribution in [0.5, 0.6) is 0 Å². The van der Waals surface area contributed by atoms with Gasteiger partial charge in [0, 0.05) is 6.04 Å². The molecule has 0 aromatic heterocycles. The summed E-state index contributed by atoms with van der Waals surface area (Å²) in [4.78, 5) is 22.2. The standard InChI is InChI=1S/C12H21NO2/c1-9(14)7-11(15)13-10-5-4-6-12(2,3)8-10/h10H,4-8H2,1-3H3,(H,13,15). The van der Waals surface area contributed by atoms with E-state index in [4.69, 9.17) is 0 Å². The lowest BCUT2D eigenvalue weighted by Gasteiger charge is -2.35. The summed E-state index contributed by atoms with van der Waals surface area (Å²) in [6.45, 7) is 5.91. The Labute approximate surface area is 91.6 Å². The van der Waals surface area contributed by atoms with E-state index in [9.17, 15) is 9.59 Å². The summed E-state index contributed by atoms with van der Waals surface area (Å²) in [5.41, 5.74) is 0.326. The molecule has 1 unspecified atom stereocenters. The second-order valence-corrected chi connectivity index (χ2v) is 5.40. The molecule has 1 fully saturated rings. The number of hydrogen-bond donors (Lipinski definition) is 1. The van der Waals surface area contributed by atoms with E-state index in [2.05, 4.69) is 19.2 Å². The van der Waals surface area contributed by atoms with Crippen LogP contribution in [0.2, 0.25) is 0 Å². The molecule has 1 aliphatic rings. The zero-order valence-corrected chi connectivity index (χ0v) is 9.93. The van der Waals surface area contributed by atoms with Gasteiger partial charge in [0.2, 0.25) is 5.91 Å². The van der Waals surface area contributed by atoms with Crippen molar-refractivity contribution < 1.29 is 9.59 Å². The Balaban J connectivity index is 2.38. The highest BCUT2D eigenvalue weighted by Crippen LogP contribution is 2.34. The summed E-state index contributed by atoms with van der Waals surface area (Å²) in [7, 11) is 0. The van der Waals surface area contributed by atoms with Crippen molar-refractivity contribution >= 4 is 11.7 Å². The molecule has 0 aromatic rings. The zero-order chi connectivity index (χ0) is 11.5. The van der Waals surface area contributed by atoms with Gasteiger partial charge in [-0.15, -0.1) is 0 Å². The fourth-order valence-corrected chi connectivity index (χ4v) is 2.33. The third-order valence-electron chi connectivity index (χ3n) is 2.98. The molecule has 15 heavy (non-hydrogen) atoms. The van der Waals surface area contributed by atoms with Gasteiger partial charge in [-0.3, -0.25) is 9.59 Å². The number of ketones is 1. The van der Waals surface area contributed by atoms with Crippen LogP contribution in [-0.2, 0) is 9.59 Å². The molecule has 3 heteroatoms. The van der Waals surface area contributed by atoms with Crippen LogP contribution in [0.25, 0.3) is 0 Å². The van der Waals surface area contributed by atoms with E-state index in [-0.39, 0.29) is 24.2 Å². The minimum Gasteiger partial charge on any atom is -0.353 e. The summed E-state index contributed by atoms with van der Waals surface area (Å²) < 4.78 is 0. The van der Waals surface area contributed by atoms with Crippen molar-refractivity contribution in [2.45, 2.75) is 58.9 Å². The SMILES string of the molecule is CC(=O)CC(=O)NC1CCCC(C)(C)C1. The van der Waals surface area contributed by atoms with Crippen LogP contribution in [0, 0.1) is 5.41 Å². The van der Waals surface area contributed by atoms with E-state index in [1.165, 1.54) is 13.3 Å². The van der Waals surface area contributed by atoms with Crippen LogP contribution in [0.15, 0.2) is 0 Å². The maximum atomic E-state index is 11.4. The lowest BCUT2D eigenvalue weighted by molar-refractivity contribution is -0.127. The van der Waals surface area contributed by atoms with Crippen LogP contribution in [-0.4, -0.2) is 17.7 Å². The van der Waals surface area contributed by atoms with Gasteiger partial charge in [-0.05, 0) is 31.6 Å². The Bertz CT molecular complexity index is 258. The van der Waals surface area contributed by atoms with Gasteiger partial charge in [-0.1, -0.05) is 20.3 Å². The van der Waals surface area contributed by atoms with Crippen LogP contribution in [0.4, 0.5) is 0 Å². The predicted octanol–water partition coefficient (Wildman–Crippen LogP) is 2.05. The quantitative estimate of drug-likeness (QED) is 0.726. The minimum atomic E-state index is -0.120. The lowest BCUT2D eigenvalue weighted by atomic mass is 9.75. The van der Waals surface area contributed by atoms with Gasteiger partial charge in [-0.2, -0.15) is 0 Å². The van der Waals surface area contributed by atoms with Gasteiger partial charge in [0.25, 0.3) is 0 Å². The van der Waals surface area contributed by atoms with Gasteiger partial charge >= 0.3 is 0 Å². The average molecular weight is 211 g/mol. The Morgan fingerprint density at radius 1 is 1.40 bits per heavy atom. The van der Waals surface area contributed by atoms with Gasteiger partial charge in [0.15, 0.2) is 0 Å². The molecule has 0 bridgehead atoms. The summed E-state index contributed by atoms with van der Waals surface area (Å²) in [5, 5.41) is 2.95. The van der Waals surface area contributed by atoms with Crippen LogP contribution in [0.3, 0.4) is 0 Å². The maximum absolute atomic E-state index is 11.4. The van der Waals surface area contributed by atoms with Crippen molar-refractivity contribution in [3.05, 3.63) is 0 Å². The molecule has 3 nitrogen and oxygen atoms in total. The van der Waals surface area contributed by atoms with E-state index in [1.54, 1.807) is 0 Å². The smallest absolute Gasteiger partial charge is 0.227 e. The second-order valence-electron chi connectivity index (χ2n) is 5.40. The van der Waals surface area contributed by atoms with Crippen LogP contribution in [0.1, 0.15) is 52.9 Å². The first-order valence-corrected chi connectivity index (χ1v) is 5.68. The molecule has 1 N–H and O–H groups in total. The van der Waals surface area contributed by atoms with Crippen molar-refractivity contribution in [3.8, 4) is 0 Å². The molecule has 0 radical (unpaired) electrons. The first-order valence-electron chi connectivity index (χ1n) is 5.68. The molecular formula is C12H21NO2. The highest BCUT2D eigenvalue weighted by atomic mass is 16.2. The average Bonchev–Trinajstić information content (AvgIpc) is 1.99. The Kier molecular flexibility index (Phi) is 3.89. The molecule has 1 rings (SSSR count). The molecule has 0 aromatic carbocycles. The lowest BCUT2D eigenvalue weighted by Crippen LogP contribution is -2.41. The second kappa shape index (κ2) is 4.77. The molecule has 86 valence electrons. The zero-order valence-electron chi connectivity index (χ0n) is 9.93. The van der Waals surface area contributed by atoms with E-state index >= 15 is 0 Å². The number of carbonyl (C=O) groups is 2. The first kappa shape index (κ1) is 12.2. The molecule has 0 heterocycles. The highest BCUT2D eigenvalue weighted by molar-refractivity contribution is 5.96. The van der Waals surface area contributed by atoms with Crippen molar-refractivity contribution in [1.29, 1.82) is 0 Å². The Hall–Kier alpha value is -0.860. The Morgan fingerprint density at radius 3 is 2.60 bits per heavy atom. The number of rotatable bonds is 3. The van der Waals surface area contributed by atoms with E-state index < -0.39 is 0 Å². The minimum absolute atomic E-state index is 0.0247. The Morgan fingerprint density at radius 2 is 2.07 bits per heavy atom. The number of amides is 1. The fraction of sp³-hybridized carbons (Fsp3) is 0.833. The van der Waals surface area contributed by atoms with Gasteiger partial charge in [0.05, 0.1) is 6.42 Å². The maximum Gasteiger partial charge on any atom is 0.227 e. The van der Waals surface area contributed by atoms with Gasteiger partial charge in [0.1, 0.15) is 5.78 Å². The molecule has 1 amide bonds. The molecule has 1 aliphatic carbocycles. The molecule has 1 atom stereocenters. The number of carbonyl (C=O) groups excluding carboxylic acids is 2. The van der Waals surface area contributed by atoms with Crippen molar-refractivity contribution in [2.75, 3.05) is 0 Å². The van der Waals surface area contributed by atoms with Gasteiger partial charge in [-0.25, -0.2) is 0 Å². The molecule has 0 aliphatic heterocycles. The number of hydrogen-bond acceptors (Lipinski definition) is 2. The summed E-state index contributed by atoms with van der Waals surface area (Å²) in [5.74, 6) is -0.187.